The number of pyridine rings is 1. The van der Waals surface area contributed by atoms with Crippen LogP contribution in [0.2, 0.25) is 0 Å². The van der Waals surface area contributed by atoms with E-state index in [-0.39, 0.29) is 10.6 Å². The average Bonchev–Trinajstić information content (AvgIpc) is 2.31. The summed E-state index contributed by atoms with van der Waals surface area (Å²) in [4.78, 5) is 3.66. The molecular weight excluding hydrogens is 269 g/mol. The Hall–Kier alpha value is -2.15. The molecule has 2 aromatic rings. The zero-order chi connectivity index (χ0) is 14.0. The van der Waals surface area contributed by atoms with E-state index in [4.69, 9.17) is 5.73 Å². The van der Waals surface area contributed by atoms with Crippen molar-refractivity contribution in [2.24, 2.45) is 0 Å². The second kappa shape index (κ2) is 4.85. The molecule has 100 valence electrons. The molecule has 0 unspecified atom stereocenters. The first-order valence-corrected chi connectivity index (χ1v) is 6.87. The zero-order valence-corrected chi connectivity index (χ0v) is 10.9. The number of aryl methyl sites for hydroxylation is 1. The number of nitrogen functional groups attached to an aromatic ring is 1. The monoisotopic (exact) mass is 281 g/mol. The third-order valence-electron chi connectivity index (χ3n) is 2.41. The number of nitrogens with one attached hydrogen (secondary N) is 1. The molecule has 0 aliphatic heterocycles. The predicted molar refractivity (Wildman–Crippen MR) is 70.6 cm³/mol. The van der Waals surface area contributed by atoms with Gasteiger partial charge in [0, 0.05) is 11.9 Å². The summed E-state index contributed by atoms with van der Waals surface area (Å²) < 4.78 is 39.7. The molecule has 2 rings (SSSR count). The molecule has 0 atom stereocenters. The van der Waals surface area contributed by atoms with Crippen LogP contribution in [0.3, 0.4) is 0 Å². The van der Waals surface area contributed by atoms with Crippen LogP contribution in [0.15, 0.2) is 41.4 Å². The van der Waals surface area contributed by atoms with Crippen LogP contribution in [0.1, 0.15) is 5.69 Å². The van der Waals surface area contributed by atoms with Gasteiger partial charge in [-0.1, -0.05) is 0 Å². The van der Waals surface area contributed by atoms with Crippen molar-refractivity contribution in [2.45, 2.75) is 11.8 Å². The van der Waals surface area contributed by atoms with Crippen LogP contribution in [0, 0.1) is 12.7 Å². The number of rotatable bonds is 3. The van der Waals surface area contributed by atoms with E-state index in [1.165, 1.54) is 18.3 Å². The van der Waals surface area contributed by atoms with Gasteiger partial charge in [0.05, 0.1) is 11.4 Å². The van der Waals surface area contributed by atoms with Crippen molar-refractivity contribution in [3.63, 3.8) is 0 Å². The Morgan fingerprint density at radius 1 is 1.26 bits per heavy atom. The molecule has 0 radical (unpaired) electrons. The highest BCUT2D eigenvalue weighted by atomic mass is 32.2. The summed E-state index contributed by atoms with van der Waals surface area (Å²) in [5, 5.41) is 0. The van der Waals surface area contributed by atoms with Gasteiger partial charge in [-0.25, -0.2) is 12.8 Å². The molecule has 3 N–H and O–H groups in total. The topological polar surface area (TPSA) is 85.1 Å². The first-order chi connectivity index (χ1) is 8.88. The average molecular weight is 281 g/mol. The van der Waals surface area contributed by atoms with E-state index in [1.54, 1.807) is 13.0 Å². The number of benzene rings is 1. The fraction of sp³-hybridized carbons (Fsp3) is 0.0833. The number of nitrogens with zero attached hydrogens (tertiary/aromatic N) is 1. The Balaban J connectivity index is 2.40. The molecule has 1 aromatic heterocycles. The third-order valence-corrected chi connectivity index (χ3v) is 3.85. The van der Waals surface area contributed by atoms with Crippen molar-refractivity contribution < 1.29 is 12.8 Å². The van der Waals surface area contributed by atoms with E-state index in [2.05, 4.69) is 9.71 Å². The molecule has 0 aliphatic carbocycles. The van der Waals surface area contributed by atoms with Crippen molar-refractivity contribution in [1.29, 1.82) is 0 Å². The molecular formula is C12H12FN3O2S. The SMILES string of the molecule is Cc1cc(NS(=O)(=O)c2cc(F)ccc2N)ccn1. The van der Waals surface area contributed by atoms with Crippen LogP contribution in [0.4, 0.5) is 15.8 Å². The van der Waals surface area contributed by atoms with Gasteiger partial charge in [0.15, 0.2) is 0 Å². The van der Waals surface area contributed by atoms with Gasteiger partial charge in [0.2, 0.25) is 0 Å². The lowest BCUT2D eigenvalue weighted by molar-refractivity contribution is 0.596. The molecule has 0 amide bonds. The standard InChI is InChI=1S/C12H12FN3O2S/c1-8-6-10(4-5-15-8)16-19(17,18)12-7-9(13)2-3-11(12)14/h2-7H,14H2,1H3,(H,15,16). The van der Waals surface area contributed by atoms with E-state index >= 15 is 0 Å². The number of halogens is 1. The molecule has 1 aromatic carbocycles. The van der Waals surface area contributed by atoms with Gasteiger partial charge in [-0.15, -0.1) is 0 Å². The summed E-state index contributed by atoms with van der Waals surface area (Å²) >= 11 is 0. The number of hydrogen-bond acceptors (Lipinski definition) is 4. The minimum absolute atomic E-state index is 0.0142. The zero-order valence-electron chi connectivity index (χ0n) is 10.1. The van der Waals surface area contributed by atoms with Crippen LogP contribution in [-0.2, 0) is 10.0 Å². The maximum absolute atomic E-state index is 13.1. The van der Waals surface area contributed by atoms with Gasteiger partial charge in [-0.05, 0) is 37.3 Å². The molecule has 0 fully saturated rings. The third kappa shape index (κ3) is 3.00. The van der Waals surface area contributed by atoms with Crippen molar-refractivity contribution in [3.05, 3.63) is 48.0 Å². The smallest absolute Gasteiger partial charge is 0.264 e. The highest BCUT2D eigenvalue weighted by molar-refractivity contribution is 7.92. The molecule has 19 heavy (non-hydrogen) atoms. The van der Waals surface area contributed by atoms with Crippen LogP contribution < -0.4 is 10.5 Å². The summed E-state index contributed by atoms with van der Waals surface area (Å²) in [6.07, 6.45) is 1.47. The summed E-state index contributed by atoms with van der Waals surface area (Å²) in [7, 11) is -3.93. The maximum Gasteiger partial charge on any atom is 0.264 e. The fourth-order valence-corrected chi connectivity index (χ4v) is 2.75. The first-order valence-electron chi connectivity index (χ1n) is 5.39. The molecule has 0 aliphatic rings. The predicted octanol–water partition coefficient (Wildman–Crippen LogP) is 1.91. The van der Waals surface area contributed by atoms with Crippen LogP contribution in [0.25, 0.3) is 0 Å². The minimum Gasteiger partial charge on any atom is -0.398 e. The largest absolute Gasteiger partial charge is 0.398 e. The van der Waals surface area contributed by atoms with E-state index in [0.717, 1.165) is 12.1 Å². The number of aromatic nitrogens is 1. The Morgan fingerprint density at radius 2 is 2.00 bits per heavy atom. The van der Waals surface area contributed by atoms with Crippen LogP contribution in [0.5, 0.6) is 0 Å². The number of sulfonamides is 1. The van der Waals surface area contributed by atoms with E-state index in [0.29, 0.717) is 11.4 Å². The highest BCUT2D eigenvalue weighted by Gasteiger charge is 2.18. The lowest BCUT2D eigenvalue weighted by atomic mass is 10.3. The maximum atomic E-state index is 13.1. The molecule has 0 spiro atoms. The second-order valence-corrected chi connectivity index (χ2v) is 5.62. The Morgan fingerprint density at radius 3 is 2.68 bits per heavy atom. The second-order valence-electron chi connectivity index (χ2n) is 3.97. The van der Waals surface area contributed by atoms with Crippen molar-refractivity contribution >= 4 is 21.4 Å². The molecule has 0 saturated carbocycles. The molecule has 0 saturated heterocycles. The fourth-order valence-electron chi connectivity index (χ4n) is 1.56. The number of hydrogen-bond donors (Lipinski definition) is 2. The molecule has 0 bridgehead atoms. The summed E-state index contributed by atoms with van der Waals surface area (Å²) in [5.41, 5.74) is 6.55. The normalized spacial score (nSPS) is 11.3. The molecule has 5 nitrogen and oxygen atoms in total. The molecule has 1 heterocycles. The lowest BCUT2D eigenvalue weighted by Crippen LogP contribution is -2.15. The Bertz CT molecular complexity index is 717. The quantitative estimate of drug-likeness (QED) is 0.842. The van der Waals surface area contributed by atoms with Gasteiger partial charge in [0.25, 0.3) is 10.0 Å². The van der Waals surface area contributed by atoms with Crippen molar-refractivity contribution in [3.8, 4) is 0 Å². The highest BCUT2D eigenvalue weighted by Crippen LogP contribution is 2.22. The summed E-state index contributed by atoms with van der Waals surface area (Å²) in [6.45, 7) is 1.73. The van der Waals surface area contributed by atoms with Gasteiger partial charge in [-0.2, -0.15) is 0 Å². The van der Waals surface area contributed by atoms with E-state index < -0.39 is 15.8 Å². The van der Waals surface area contributed by atoms with Gasteiger partial charge in [-0.3, -0.25) is 9.71 Å². The number of anilines is 2. The van der Waals surface area contributed by atoms with Crippen LogP contribution in [-0.4, -0.2) is 13.4 Å². The summed E-state index contributed by atoms with van der Waals surface area (Å²) in [5.74, 6) is -0.666. The minimum atomic E-state index is -3.93. The van der Waals surface area contributed by atoms with Gasteiger partial charge in [0.1, 0.15) is 10.7 Å². The molecule has 7 heteroatoms. The lowest BCUT2D eigenvalue weighted by Gasteiger charge is -2.10. The first kappa shape index (κ1) is 13.3. The number of nitrogens with two attached hydrogens (primary N) is 1. The Labute approximate surface area is 110 Å². The van der Waals surface area contributed by atoms with Crippen molar-refractivity contribution in [1.82, 2.24) is 4.98 Å². The van der Waals surface area contributed by atoms with Crippen LogP contribution >= 0.6 is 0 Å². The van der Waals surface area contributed by atoms with Gasteiger partial charge < -0.3 is 5.73 Å². The van der Waals surface area contributed by atoms with E-state index in [1.807, 2.05) is 0 Å². The van der Waals surface area contributed by atoms with E-state index in [9.17, 15) is 12.8 Å². The Kier molecular flexibility index (Phi) is 3.39. The van der Waals surface area contributed by atoms with Crippen molar-refractivity contribution in [2.75, 3.05) is 10.5 Å². The van der Waals surface area contributed by atoms with Gasteiger partial charge >= 0.3 is 0 Å². The summed E-state index contributed by atoms with van der Waals surface area (Å²) in [6, 6.07) is 6.26.